The van der Waals surface area contributed by atoms with Gasteiger partial charge in [0.15, 0.2) is 0 Å². The summed E-state index contributed by atoms with van der Waals surface area (Å²) in [6.07, 6.45) is 3.15. The average Bonchev–Trinajstić information content (AvgIpc) is 3.03. The molecule has 1 aromatic heterocycles. The molecule has 0 spiro atoms. The minimum Gasteiger partial charge on any atom is -0.444 e. The third-order valence-corrected chi connectivity index (χ3v) is 5.28. The van der Waals surface area contributed by atoms with Gasteiger partial charge in [0.05, 0.1) is 24.0 Å². The summed E-state index contributed by atoms with van der Waals surface area (Å²) in [5.74, 6) is -1.09. The lowest BCUT2D eigenvalue weighted by Crippen LogP contribution is -2.38. The Kier molecular flexibility index (Phi) is 5.67. The van der Waals surface area contributed by atoms with Crippen molar-refractivity contribution in [3.05, 3.63) is 42.0 Å². The van der Waals surface area contributed by atoms with Crippen LogP contribution >= 0.6 is 0 Å². The number of carbonyl (C=O) groups excluding carboxylic acids is 1. The zero-order chi connectivity index (χ0) is 18.6. The van der Waals surface area contributed by atoms with Gasteiger partial charge in [-0.2, -0.15) is 0 Å². The summed E-state index contributed by atoms with van der Waals surface area (Å²) in [5.41, 5.74) is 0.839. The molecule has 1 fully saturated rings. The third-order valence-electron chi connectivity index (χ3n) is 3.93. The quantitative estimate of drug-likeness (QED) is 0.821. The molecule has 0 saturated carbocycles. The highest BCUT2D eigenvalue weighted by Crippen LogP contribution is 2.19. The predicted octanol–water partition coefficient (Wildman–Crippen LogP) is 2.04. The summed E-state index contributed by atoms with van der Waals surface area (Å²) in [4.78, 5) is 16.1. The molecule has 2 aromatic rings. The molecule has 7 nitrogen and oxygen atoms in total. The second-order valence-electron chi connectivity index (χ2n) is 6.12. The molecule has 0 aliphatic carbocycles. The van der Waals surface area contributed by atoms with E-state index in [4.69, 9.17) is 9.15 Å². The number of ether oxygens (including phenoxy) is 1. The van der Waals surface area contributed by atoms with Gasteiger partial charge < -0.3 is 9.15 Å². The second-order valence-corrected chi connectivity index (χ2v) is 7.89. The van der Waals surface area contributed by atoms with Crippen LogP contribution in [-0.2, 0) is 26.0 Å². The zero-order valence-corrected chi connectivity index (χ0v) is 14.8. The van der Waals surface area contributed by atoms with Crippen LogP contribution in [0.3, 0.4) is 0 Å². The number of oxazole rings is 1. The van der Waals surface area contributed by atoms with Crippen LogP contribution in [-0.4, -0.2) is 37.8 Å². The lowest BCUT2D eigenvalue weighted by Gasteiger charge is -2.22. The summed E-state index contributed by atoms with van der Waals surface area (Å²) >= 11 is 0. The SMILES string of the molecule is O=C(Cc1coc(-c2ccc(F)cc2)n1)NS(=O)(=O)CC1CCCCO1. The van der Waals surface area contributed by atoms with E-state index in [0.717, 1.165) is 12.8 Å². The summed E-state index contributed by atoms with van der Waals surface area (Å²) in [6.45, 7) is 0.541. The minimum absolute atomic E-state index is 0.228. The van der Waals surface area contributed by atoms with Gasteiger partial charge in [0, 0.05) is 12.2 Å². The maximum atomic E-state index is 12.9. The number of benzene rings is 1. The van der Waals surface area contributed by atoms with Crippen molar-refractivity contribution in [1.82, 2.24) is 9.71 Å². The lowest BCUT2D eigenvalue weighted by molar-refractivity contribution is -0.118. The molecular weight excluding hydrogens is 363 g/mol. The van der Waals surface area contributed by atoms with Crippen LogP contribution < -0.4 is 4.72 Å². The van der Waals surface area contributed by atoms with Crippen molar-refractivity contribution in [3.8, 4) is 11.5 Å². The first-order valence-electron chi connectivity index (χ1n) is 8.26. The van der Waals surface area contributed by atoms with Gasteiger partial charge in [-0.15, -0.1) is 0 Å². The Hall–Kier alpha value is -2.26. The van der Waals surface area contributed by atoms with Crippen LogP contribution in [0.5, 0.6) is 0 Å². The van der Waals surface area contributed by atoms with Crippen LogP contribution in [0.2, 0.25) is 0 Å². The molecule has 1 aromatic carbocycles. The number of rotatable bonds is 6. The maximum Gasteiger partial charge on any atom is 0.239 e. The normalized spacial score (nSPS) is 17.8. The number of carbonyl (C=O) groups is 1. The van der Waals surface area contributed by atoms with Crippen molar-refractivity contribution in [2.75, 3.05) is 12.4 Å². The van der Waals surface area contributed by atoms with Crippen molar-refractivity contribution >= 4 is 15.9 Å². The Morgan fingerprint density at radius 1 is 1.27 bits per heavy atom. The zero-order valence-electron chi connectivity index (χ0n) is 14.0. The van der Waals surface area contributed by atoms with E-state index in [0.29, 0.717) is 18.6 Å². The Balaban J connectivity index is 1.57. The molecule has 2 heterocycles. The van der Waals surface area contributed by atoms with E-state index in [2.05, 4.69) is 4.98 Å². The highest BCUT2D eigenvalue weighted by atomic mass is 32.2. The summed E-state index contributed by atoms with van der Waals surface area (Å²) in [5, 5.41) is 0. The second kappa shape index (κ2) is 7.96. The Morgan fingerprint density at radius 3 is 2.73 bits per heavy atom. The van der Waals surface area contributed by atoms with Gasteiger partial charge in [0.2, 0.25) is 21.8 Å². The first-order valence-corrected chi connectivity index (χ1v) is 9.92. The number of hydrogen-bond donors (Lipinski definition) is 1. The van der Waals surface area contributed by atoms with Gasteiger partial charge in [-0.3, -0.25) is 9.52 Å². The standard InChI is InChI=1S/C17H19FN2O5S/c18-13-6-4-12(5-7-13)17-19-14(10-25-17)9-16(21)20-26(22,23)11-15-3-1-2-8-24-15/h4-7,10,15H,1-3,8-9,11H2,(H,20,21). The van der Waals surface area contributed by atoms with Crippen LogP contribution in [0.25, 0.3) is 11.5 Å². The summed E-state index contributed by atoms with van der Waals surface area (Å²) < 4.78 is 49.7. The lowest BCUT2D eigenvalue weighted by atomic mass is 10.1. The molecule has 9 heteroatoms. The highest BCUT2D eigenvalue weighted by Gasteiger charge is 2.24. The van der Waals surface area contributed by atoms with Crippen LogP contribution in [0.4, 0.5) is 4.39 Å². The Bertz CT molecular complexity index is 858. The number of nitrogens with one attached hydrogen (secondary N) is 1. The number of hydrogen-bond acceptors (Lipinski definition) is 6. The van der Waals surface area contributed by atoms with Crippen LogP contribution in [0.15, 0.2) is 34.9 Å². The largest absolute Gasteiger partial charge is 0.444 e. The van der Waals surface area contributed by atoms with E-state index >= 15 is 0 Å². The molecule has 1 atom stereocenters. The molecule has 1 saturated heterocycles. The molecule has 1 unspecified atom stereocenters. The van der Waals surface area contributed by atoms with Crippen molar-refractivity contribution in [2.45, 2.75) is 31.8 Å². The van der Waals surface area contributed by atoms with E-state index in [-0.39, 0.29) is 35.7 Å². The van der Waals surface area contributed by atoms with Crippen molar-refractivity contribution < 1.29 is 26.8 Å². The average molecular weight is 382 g/mol. The van der Waals surface area contributed by atoms with Crippen molar-refractivity contribution in [1.29, 1.82) is 0 Å². The van der Waals surface area contributed by atoms with E-state index < -0.39 is 15.9 Å². The van der Waals surface area contributed by atoms with Gasteiger partial charge in [-0.05, 0) is 43.5 Å². The molecule has 1 aliphatic heterocycles. The fraction of sp³-hybridized carbons (Fsp3) is 0.412. The first-order chi connectivity index (χ1) is 12.4. The van der Waals surface area contributed by atoms with E-state index in [9.17, 15) is 17.6 Å². The smallest absolute Gasteiger partial charge is 0.239 e. The fourth-order valence-electron chi connectivity index (χ4n) is 2.71. The van der Waals surface area contributed by atoms with Gasteiger partial charge in [-0.25, -0.2) is 17.8 Å². The van der Waals surface area contributed by atoms with Crippen molar-refractivity contribution in [2.24, 2.45) is 0 Å². The first kappa shape index (κ1) is 18.5. The molecule has 140 valence electrons. The summed E-state index contributed by atoms with van der Waals surface area (Å²) in [7, 11) is -3.78. The molecule has 1 N–H and O–H groups in total. The number of aromatic nitrogens is 1. The minimum atomic E-state index is -3.78. The van der Waals surface area contributed by atoms with E-state index in [1.54, 1.807) is 0 Å². The summed E-state index contributed by atoms with van der Waals surface area (Å²) in [6, 6.07) is 5.54. The van der Waals surface area contributed by atoms with Crippen LogP contribution in [0.1, 0.15) is 25.0 Å². The van der Waals surface area contributed by atoms with Gasteiger partial charge in [0.25, 0.3) is 0 Å². The maximum absolute atomic E-state index is 12.9. The fourth-order valence-corrected chi connectivity index (χ4v) is 3.97. The monoisotopic (exact) mass is 382 g/mol. The van der Waals surface area contributed by atoms with Crippen LogP contribution in [0, 0.1) is 5.82 Å². The number of halogens is 1. The Labute approximate surface area is 150 Å². The molecule has 1 aliphatic rings. The molecule has 26 heavy (non-hydrogen) atoms. The predicted molar refractivity (Wildman–Crippen MR) is 91.1 cm³/mol. The van der Waals surface area contributed by atoms with Crippen molar-refractivity contribution in [3.63, 3.8) is 0 Å². The number of sulfonamides is 1. The topological polar surface area (TPSA) is 98.5 Å². The molecule has 0 radical (unpaired) electrons. The molecule has 0 bridgehead atoms. The molecule has 1 amide bonds. The van der Waals surface area contributed by atoms with E-state index in [1.807, 2.05) is 4.72 Å². The Morgan fingerprint density at radius 2 is 2.04 bits per heavy atom. The van der Waals surface area contributed by atoms with Gasteiger partial charge >= 0.3 is 0 Å². The highest BCUT2D eigenvalue weighted by molar-refractivity contribution is 7.90. The van der Waals surface area contributed by atoms with Gasteiger partial charge in [-0.1, -0.05) is 0 Å². The number of nitrogens with zero attached hydrogens (tertiary/aromatic N) is 1. The molecule has 3 rings (SSSR count). The van der Waals surface area contributed by atoms with E-state index in [1.165, 1.54) is 30.5 Å². The third kappa shape index (κ3) is 5.12. The number of amides is 1. The van der Waals surface area contributed by atoms with Gasteiger partial charge in [0.1, 0.15) is 12.1 Å². The molecular formula is C17H19FN2O5S.